The monoisotopic (exact) mass is 528 g/mol. The van der Waals surface area contributed by atoms with Crippen LogP contribution in [0.3, 0.4) is 0 Å². The van der Waals surface area contributed by atoms with Crippen molar-refractivity contribution >= 4 is 0 Å². The molecular weight excluding hydrogens is 496 g/mol. The fourth-order valence-corrected chi connectivity index (χ4v) is 5.16. The Morgan fingerprint density at radius 3 is 1.92 bits per heavy atom. The largest absolute Gasteiger partial charge is 0.497 e. The fraction of sp³-hybridized carbons (Fsp3) is 0.290. The van der Waals surface area contributed by atoms with E-state index in [0.717, 1.165) is 28.2 Å². The van der Waals surface area contributed by atoms with Gasteiger partial charge in [0.1, 0.15) is 23.3 Å². The Kier molecular flexibility index (Phi) is 7.41. The summed E-state index contributed by atoms with van der Waals surface area (Å²) in [6, 6.07) is 25.7. The van der Waals surface area contributed by atoms with Crippen LogP contribution in [0, 0.1) is 6.92 Å². The van der Waals surface area contributed by atoms with Crippen LogP contribution in [0.25, 0.3) is 0 Å². The van der Waals surface area contributed by atoms with Crippen molar-refractivity contribution in [3.05, 3.63) is 128 Å². The molecule has 1 aliphatic heterocycles. The van der Waals surface area contributed by atoms with Crippen molar-refractivity contribution in [2.75, 3.05) is 14.2 Å². The molecule has 1 N–H and O–H groups in total. The van der Waals surface area contributed by atoms with Crippen LogP contribution in [-0.4, -0.2) is 36.0 Å². The lowest BCUT2D eigenvalue weighted by atomic mass is 9.79. The first-order chi connectivity index (χ1) is 18.8. The van der Waals surface area contributed by atoms with Gasteiger partial charge in [0.15, 0.2) is 0 Å². The molecule has 0 spiro atoms. The number of nitrogens with zero attached hydrogens (tertiary/aromatic N) is 1. The number of aryl methyl sites for hydroxylation is 1. The first kappa shape index (κ1) is 26.5. The van der Waals surface area contributed by atoms with E-state index in [4.69, 9.17) is 18.9 Å². The molecule has 0 radical (unpaired) electrons. The lowest BCUT2D eigenvalue weighted by Crippen LogP contribution is -2.39. The minimum absolute atomic E-state index is 0.339. The molecule has 3 atom stereocenters. The number of benzene rings is 3. The van der Waals surface area contributed by atoms with Crippen LogP contribution in [0.5, 0.6) is 11.5 Å². The van der Waals surface area contributed by atoms with Gasteiger partial charge in [-0.15, -0.1) is 0 Å². The van der Waals surface area contributed by atoms with Gasteiger partial charge in [-0.1, -0.05) is 54.6 Å². The maximum atomic E-state index is 12.6. The third-order valence-electron chi connectivity index (χ3n) is 7.29. The molecule has 202 valence electrons. The number of aromatic amines is 1. The van der Waals surface area contributed by atoms with Gasteiger partial charge in [-0.2, -0.15) is 0 Å². The van der Waals surface area contributed by atoms with Gasteiger partial charge in [0.25, 0.3) is 5.56 Å². The number of ether oxygens (including phenoxy) is 4. The number of rotatable bonds is 8. The highest BCUT2D eigenvalue weighted by molar-refractivity contribution is 5.49. The van der Waals surface area contributed by atoms with E-state index in [1.807, 2.05) is 85.8 Å². The van der Waals surface area contributed by atoms with Gasteiger partial charge in [0.2, 0.25) is 0 Å². The molecule has 4 aromatic rings. The van der Waals surface area contributed by atoms with E-state index in [1.54, 1.807) is 27.3 Å². The molecule has 0 bridgehead atoms. The van der Waals surface area contributed by atoms with Crippen LogP contribution in [0.2, 0.25) is 0 Å². The van der Waals surface area contributed by atoms with Crippen molar-refractivity contribution in [3.63, 3.8) is 0 Å². The summed E-state index contributed by atoms with van der Waals surface area (Å²) < 4.78 is 25.7. The van der Waals surface area contributed by atoms with Crippen molar-refractivity contribution in [1.29, 1.82) is 0 Å². The number of hydrogen-bond donors (Lipinski definition) is 1. The first-order valence-corrected chi connectivity index (χ1v) is 12.9. The summed E-state index contributed by atoms with van der Waals surface area (Å²) in [6.45, 7) is 3.60. The Balaban J connectivity index is 1.63. The Bertz CT molecular complexity index is 1480. The van der Waals surface area contributed by atoms with E-state index < -0.39 is 29.2 Å². The molecule has 0 amide bonds. The van der Waals surface area contributed by atoms with E-state index in [1.165, 1.54) is 4.57 Å². The maximum absolute atomic E-state index is 12.6. The minimum Gasteiger partial charge on any atom is -0.497 e. The summed E-state index contributed by atoms with van der Waals surface area (Å²) >= 11 is 0. The van der Waals surface area contributed by atoms with Crippen LogP contribution in [0.4, 0.5) is 0 Å². The second-order valence-electron chi connectivity index (χ2n) is 9.67. The Labute approximate surface area is 226 Å². The molecule has 1 saturated heterocycles. The highest BCUT2D eigenvalue weighted by Crippen LogP contribution is 2.45. The summed E-state index contributed by atoms with van der Waals surface area (Å²) in [5.41, 5.74) is 1.27. The molecule has 0 saturated carbocycles. The molecule has 2 heterocycles. The van der Waals surface area contributed by atoms with Crippen molar-refractivity contribution in [2.24, 2.45) is 0 Å². The average Bonchev–Trinajstić information content (AvgIpc) is 3.33. The fourth-order valence-electron chi connectivity index (χ4n) is 5.16. The number of H-pyrrole nitrogens is 1. The van der Waals surface area contributed by atoms with Crippen LogP contribution < -0.4 is 20.7 Å². The lowest BCUT2D eigenvalue weighted by molar-refractivity contribution is -0.0795. The van der Waals surface area contributed by atoms with Gasteiger partial charge in [-0.05, 0) is 54.8 Å². The van der Waals surface area contributed by atoms with E-state index in [0.29, 0.717) is 12.0 Å². The highest BCUT2D eigenvalue weighted by Gasteiger charge is 2.45. The lowest BCUT2D eigenvalue weighted by Gasteiger charge is -2.39. The molecule has 8 nitrogen and oxygen atoms in total. The SMILES string of the molecule is COc1ccc(C(O[C@H]2C[C@H](n3cc(C)c(=O)[nH]c3=O)O[C@@H]2C)(c2ccccc2)c2ccc(OC)cc2)cc1. The van der Waals surface area contributed by atoms with Crippen molar-refractivity contribution < 1.29 is 18.9 Å². The van der Waals surface area contributed by atoms with Crippen molar-refractivity contribution in [3.8, 4) is 11.5 Å². The highest BCUT2D eigenvalue weighted by atomic mass is 16.6. The second kappa shape index (κ2) is 10.9. The predicted molar refractivity (Wildman–Crippen MR) is 147 cm³/mol. The molecule has 1 aliphatic rings. The molecule has 1 aromatic heterocycles. The molecule has 39 heavy (non-hydrogen) atoms. The second-order valence-corrected chi connectivity index (χ2v) is 9.67. The molecule has 3 aromatic carbocycles. The zero-order valence-electron chi connectivity index (χ0n) is 22.4. The van der Waals surface area contributed by atoms with Gasteiger partial charge in [0, 0.05) is 18.2 Å². The summed E-state index contributed by atoms with van der Waals surface area (Å²) in [7, 11) is 3.27. The minimum atomic E-state index is -1.01. The van der Waals surface area contributed by atoms with Gasteiger partial charge in [-0.3, -0.25) is 14.3 Å². The molecule has 0 aliphatic carbocycles. The Morgan fingerprint density at radius 2 is 1.38 bits per heavy atom. The van der Waals surface area contributed by atoms with Crippen molar-refractivity contribution in [1.82, 2.24) is 9.55 Å². The van der Waals surface area contributed by atoms with Gasteiger partial charge >= 0.3 is 5.69 Å². The van der Waals surface area contributed by atoms with Gasteiger partial charge < -0.3 is 18.9 Å². The zero-order valence-corrected chi connectivity index (χ0v) is 22.4. The Morgan fingerprint density at radius 1 is 0.846 bits per heavy atom. The smallest absolute Gasteiger partial charge is 0.330 e. The summed E-state index contributed by atoms with van der Waals surface area (Å²) in [5.74, 6) is 1.47. The van der Waals surface area contributed by atoms with Gasteiger partial charge in [0.05, 0.1) is 26.4 Å². The molecule has 0 unspecified atom stereocenters. The summed E-state index contributed by atoms with van der Waals surface area (Å²) in [5, 5.41) is 0. The van der Waals surface area contributed by atoms with Crippen LogP contribution in [0.1, 0.15) is 41.8 Å². The van der Waals surface area contributed by atoms with E-state index in [9.17, 15) is 9.59 Å². The number of nitrogens with one attached hydrogen (secondary N) is 1. The summed E-state index contributed by atoms with van der Waals surface area (Å²) in [6.07, 6.45) is 0.631. The van der Waals surface area contributed by atoms with Crippen LogP contribution >= 0.6 is 0 Å². The normalized spacial score (nSPS) is 19.1. The first-order valence-electron chi connectivity index (χ1n) is 12.9. The molecular formula is C31H32N2O6. The van der Waals surface area contributed by atoms with Crippen LogP contribution in [0.15, 0.2) is 94.6 Å². The Hall–Kier alpha value is -4.14. The van der Waals surface area contributed by atoms with Crippen LogP contribution in [-0.2, 0) is 15.1 Å². The maximum Gasteiger partial charge on any atom is 0.330 e. The van der Waals surface area contributed by atoms with E-state index in [2.05, 4.69) is 4.98 Å². The average molecular weight is 529 g/mol. The van der Waals surface area contributed by atoms with E-state index in [-0.39, 0.29) is 6.10 Å². The quantitative estimate of drug-likeness (QED) is 0.338. The zero-order chi connectivity index (χ0) is 27.6. The third-order valence-corrected chi connectivity index (χ3v) is 7.29. The molecule has 5 rings (SSSR count). The number of hydrogen-bond acceptors (Lipinski definition) is 6. The third kappa shape index (κ3) is 5.01. The molecule has 1 fully saturated rings. The summed E-state index contributed by atoms with van der Waals surface area (Å²) in [4.78, 5) is 26.9. The van der Waals surface area contributed by atoms with Gasteiger partial charge in [-0.25, -0.2) is 4.79 Å². The van der Waals surface area contributed by atoms with E-state index >= 15 is 0 Å². The van der Waals surface area contributed by atoms with Crippen molar-refractivity contribution in [2.45, 2.75) is 44.3 Å². The standard InChI is InChI=1S/C31H32N2O6/c1-20-19-33(30(35)32-29(20)34)28-18-27(21(2)38-28)39-31(22-8-6-5-7-9-22,23-10-14-25(36-3)15-11-23)24-12-16-26(37-4)17-13-24/h5-17,19,21,27-28H,18H2,1-4H3,(H,32,34,35)/t21-,27+,28-/m1/s1. The predicted octanol–water partition coefficient (Wildman–Crippen LogP) is 4.55. The number of aromatic nitrogens is 2. The molecule has 8 heteroatoms. The number of methoxy groups -OCH3 is 2. The topological polar surface area (TPSA) is 91.8 Å².